The Morgan fingerprint density at radius 3 is 2.06 bits per heavy atom. The predicted molar refractivity (Wildman–Crippen MR) is 72.3 cm³/mol. The molecule has 0 heterocycles. The summed E-state index contributed by atoms with van der Waals surface area (Å²) in [6.07, 6.45) is 0. The topological polar surface area (TPSA) is 99.8 Å². The summed E-state index contributed by atoms with van der Waals surface area (Å²) in [5, 5.41) is 20.6. The number of hydroxylamine groups is 1. The zero-order chi connectivity index (χ0) is 13.3. The van der Waals surface area contributed by atoms with Gasteiger partial charge in [0.25, 0.3) is 0 Å². The number of aromatic hydroxyl groups is 1. The fourth-order valence-electron chi connectivity index (χ4n) is 1.80. The van der Waals surface area contributed by atoms with Crippen molar-refractivity contribution in [3.8, 4) is 16.9 Å². The maximum atomic E-state index is 11.3. The first-order valence-corrected chi connectivity index (χ1v) is 5.48. The van der Waals surface area contributed by atoms with Gasteiger partial charge in [-0.05, 0) is 35.4 Å². The van der Waals surface area contributed by atoms with Crippen molar-refractivity contribution in [1.29, 1.82) is 0 Å². The van der Waals surface area contributed by atoms with Crippen molar-refractivity contribution in [3.63, 3.8) is 0 Å². The van der Waals surface area contributed by atoms with Gasteiger partial charge in [-0.1, -0.05) is 6.07 Å². The molecule has 0 fully saturated rings. The fourth-order valence-corrected chi connectivity index (χ4v) is 1.80. The molecule has 0 amide bonds. The average molecular weight is 245 g/mol. The van der Waals surface area contributed by atoms with E-state index in [2.05, 4.69) is 0 Å². The van der Waals surface area contributed by atoms with Gasteiger partial charge in [0.05, 0.1) is 18.4 Å². The van der Waals surface area contributed by atoms with Gasteiger partial charge in [-0.2, -0.15) is 0 Å². The molecule has 18 heavy (non-hydrogen) atoms. The molecule has 2 aromatic carbocycles. The van der Waals surface area contributed by atoms with Gasteiger partial charge in [0.1, 0.15) is 5.75 Å². The lowest BCUT2D eigenvalue weighted by Gasteiger charge is -2.18. The van der Waals surface area contributed by atoms with E-state index < -0.39 is 0 Å². The molecule has 0 aliphatic rings. The third-order valence-electron chi connectivity index (χ3n) is 2.79. The zero-order valence-electron chi connectivity index (χ0n) is 9.97. The van der Waals surface area contributed by atoms with Crippen LogP contribution in [0.25, 0.3) is 11.1 Å². The molecular weight excluding hydrogens is 230 g/mol. The number of rotatable bonds is 2. The average Bonchev–Trinajstić information content (AvgIpc) is 2.32. The largest absolute Gasteiger partial charge is 0.629 e. The van der Waals surface area contributed by atoms with Crippen LogP contribution in [0.15, 0.2) is 36.4 Å². The van der Waals surface area contributed by atoms with E-state index in [0.717, 1.165) is 11.1 Å². The van der Waals surface area contributed by atoms with Crippen molar-refractivity contribution in [3.05, 3.63) is 41.6 Å². The van der Waals surface area contributed by atoms with Crippen molar-refractivity contribution in [2.45, 2.75) is 0 Å². The molecule has 0 aliphatic heterocycles. The molecule has 5 nitrogen and oxygen atoms in total. The van der Waals surface area contributed by atoms with E-state index in [9.17, 15) is 10.3 Å². The summed E-state index contributed by atoms with van der Waals surface area (Å²) in [7, 11) is 1.48. The lowest BCUT2D eigenvalue weighted by Crippen LogP contribution is -2.98. The maximum absolute atomic E-state index is 11.3. The van der Waals surface area contributed by atoms with Crippen LogP contribution in [0.3, 0.4) is 0 Å². The summed E-state index contributed by atoms with van der Waals surface area (Å²) in [6, 6.07) is 10.2. The molecule has 2 rings (SSSR count). The van der Waals surface area contributed by atoms with E-state index in [-0.39, 0.29) is 10.8 Å². The Kier molecular flexibility index (Phi) is 3.10. The second-order valence-electron chi connectivity index (χ2n) is 4.13. The van der Waals surface area contributed by atoms with Gasteiger partial charge in [-0.15, -0.1) is 0 Å². The van der Waals surface area contributed by atoms with Crippen LogP contribution in [0.5, 0.6) is 5.75 Å². The lowest BCUT2D eigenvalue weighted by molar-refractivity contribution is -0.750. The summed E-state index contributed by atoms with van der Waals surface area (Å²) in [4.78, 5) is 0. The van der Waals surface area contributed by atoms with Gasteiger partial charge < -0.3 is 26.8 Å². The Morgan fingerprint density at radius 2 is 1.56 bits per heavy atom. The molecule has 1 atom stereocenters. The van der Waals surface area contributed by atoms with Crippen molar-refractivity contribution >= 4 is 17.1 Å². The Bertz CT molecular complexity index is 582. The van der Waals surface area contributed by atoms with Crippen LogP contribution in [-0.4, -0.2) is 12.2 Å². The van der Waals surface area contributed by atoms with Crippen LogP contribution < -0.4 is 16.5 Å². The SMILES string of the molecule is C[NH+]([O-])c1ccc(-c2ccc(O)c(N)c2)cc1N. The van der Waals surface area contributed by atoms with Crippen LogP contribution in [0, 0.1) is 5.21 Å². The minimum absolute atomic E-state index is 0.0482. The molecule has 1 unspecified atom stereocenters. The van der Waals surface area contributed by atoms with Gasteiger partial charge in [0.2, 0.25) is 0 Å². The lowest BCUT2D eigenvalue weighted by atomic mass is 10.0. The number of anilines is 2. The fraction of sp³-hybridized carbons (Fsp3) is 0.0769. The third kappa shape index (κ3) is 2.22. The van der Waals surface area contributed by atoms with Gasteiger partial charge in [0.15, 0.2) is 5.69 Å². The number of nitrogens with one attached hydrogen (secondary N) is 1. The van der Waals surface area contributed by atoms with E-state index in [1.165, 1.54) is 13.1 Å². The van der Waals surface area contributed by atoms with Crippen LogP contribution in [-0.2, 0) is 0 Å². The first kappa shape index (κ1) is 12.2. The number of benzene rings is 2. The molecule has 0 bridgehead atoms. The second-order valence-corrected chi connectivity index (χ2v) is 4.13. The summed E-state index contributed by atoms with van der Waals surface area (Å²) in [5.74, 6) is 0.0482. The highest BCUT2D eigenvalue weighted by molar-refractivity contribution is 5.75. The highest BCUT2D eigenvalue weighted by Crippen LogP contribution is 2.29. The molecule has 94 valence electrons. The number of phenols is 1. The van der Waals surface area contributed by atoms with Crippen molar-refractivity contribution in [2.24, 2.45) is 0 Å². The van der Waals surface area contributed by atoms with Gasteiger partial charge in [0, 0.05) is 6.07 Å². The van der Waals surface area contributed by atoms with E-state index in [0.29, 0.717) is 17.1 Å². The molecule has 0 aliphatic carbocycles. The normalized spacial score (nSPS) is 12.3. The van der Waals surface area contributed by atoms with Crippen LogP contribution in [0.4, 0.5) is 17.1 Å². The number of nitrogens with two attached hydrogens (primary N) is 2. The molecule has 0 radical (unpaired) electrons. The van der Waals surface area contributed by atoms with Crippen molar-refractivity contribution in [2.75, 3.05) is 18.5 Å². The number of hydrogen-bond acceptors (Lipinski definition) is 4. The highest BCUT2D eigenvalue weighted by Gasteiger charge is 2.07. The van der Waals surface area contributed by atoms with Gasteiger partial charge in [-0.25, -0.2) is 0 Å². The zero-order valence-corrected chi connectivity index (χ0v) is 9.97. The van der Waals surface area contributed by atoms with E-state index in [4.69, 9.17) is 11.5 Å². The second kappa shape index (κ2) is 4.56. The molecule has 0 saturated carbocycles. The predicted octanol–water partition coefficient (Wildman–Crippen LogP) is 0.868. The summed E-state index contributed by atoms with van der Waals surface area (Å²) < 4.78 is 0. The van der Waals surface area contributed by atoms with E-state index in [1.54, 1.807) is 30.3 Å². The Labute approximate surface area is 105 Å². The minimum atomic E-state index is -0.0655. The van der Waals surface area contributed by atoms with E-state index >= 15 is 0 Å². The molecule has 0 saturated heterocycles. The monoisotopic (exact) mass is 245 g/mol. The molecule has 2 aromatic rings. The van der Waals surface area contributed by atoms with Crippen LogP contribution in [0.2, 0.25) is 0 Å². The first-order chi connectivity index (χ1) is 8.49. The van der Waals surface area contributed by atoms with Crippen molar-refractivity contribution in [1.82, 2.24) is 0 Å². The molecule has 0 aromatic heterocycles. The summed E-state index contributed by atoms with van der Waals surface area (Å²) in [5.41, 5.74) is 14.4. The molecule has 5 heteroatoms. The summed E-state index contributed by atoms with van der Waals surface area (Å²) in [6.45, 7) is 0. The van der Waals surface area contributed by atoms with Crippen LogP contribution in [0.1, 0.15) is 0 Å². The molecule has 0 spiro atoms. The van der Waals surface area contributed by atoms with Gasteiger partial charge in [-0.3, -0.25) is 0 Å². The third-order valence-corrected chi connectivity index (χ3v) is 2.79. The summed E-state index contributed by atoms with van der Waals surface area (Å²) >= 11 is 0. The number of phenolic OH excluding ortho intramolecular Hbond substituents is 1. The number of hydrogen-bond donors (Lipinski definition) is 4. The Balaban J connectivity index is 2.45. The molecule has 6 N–H and O–H groups in total. The Hall–Kier alpha value is -2.24. The molecular formula is C13H15N3O2. The Morgan fingerprint density at radius 1 is 1.00 bits per heavy atom. The number of nitrogen functional groups attached to an aromatic ring is 2. The van der Waals surface area contributed by atoms with Gasteiger partial charge >= 0.3 is 0 Å². The number of quaternary nitrogens is 1. The van der Waals surface area contributed by atoms with E-state index in [1.807, 2.05) is 0 Å². The minimum Gasteiger partial charge on any atom is -0.629 e. The van der Waals surface area contributed by atoms with Crippen molar-refractivity contribution < 1.29 is 10.2 Å². The highest BCUT2D eigenvalue weighted by atomic mass is 16.5. The first-order valence-electron chi connectivity index (χ1n) is 5.48. The smallest absolute Gasteiger partial charge is 0.154 e. The van der Waals surface area contributed by atoms with Crippen LogP contribution >= 0.6 is 0 Å². The standard InChI is InChI=1S/C13H15N3O2/c1-16(18)12-4-2-8(6-10(12)14)9-3-5-13(17)11(15)7-9/h2-7,16-17H,14-15H2,1H3. The quantitative estimate of drug-likeness (QED) is 0.358. The maximum Gasteiger partial charge on any atom is 0.154 e.